The third-order valence-corrected chi connectivity index (χ3v) is 8.84. The molecule has 3 aliphatic heterocycles. The molecule has 238 valence electrons. The predicted octanol–water partition coefficient (Wildman–Crippen LogP) is 6.00. The van der Waals surface area contributed by atoms with Crippen molar-refractivity contribution >= 4 is 28.9 Å². The van der Waals surface area contributed by atoms with E-state index >= 15 is 0 Å². The molecule has 44 heavy (non-hydrogen) atoms. The molecule has 0 saturated carbocycles. The highest BCUT2D eigenvalue weighted by Gasteiger charge is 2.38. The average molecular weight is 643 g/mol. The molecule has 2 fully saturated rings. The molecular formula is C30H32F6N4O3S. The number of nitrogens with zero attached hydrogens (tertiary/aromatic N) is 4. The van der Waals surface area contributed by atoms with Gasteiger partial charge in [0.05, 0.1) is 23.1 Å². The molecule has 14 heteroatoms. The number of piperazine rings is 1. The van der Waals surface area contributed by atoms with Crippen LogP contribution in [-0.4, -0.2) is 85.2 Å². The number of methoxy groups -OCH3 is 1. The van der Waals surface area contributed by atoms with E-state index in [-0.39, 0.29) is 23.5 Å². The van der Waals surface area contributed by atoms with Crippen LogP contribution < -0.4 is 9.47 Å². The van der Waals surface area contributed by atoms with Gasteiger partial charge in [0.25, 0.3) is 5.91 Å². The zero-order valence-electron chi connectivity index (χ0n) is 24.0. The van der Waals surface area contributed by atoms with Crippen molar-refractivity contribution in [2.45, 2.75) is 31.8 Å². The molecule has 2 aromatic carbocycles. The van der Waals surface area contributed by atoms with Gasteiger partial charge < -0.3 is 19.3 Å². The Bertz CT molecular complexity index is 1410. The number of hydrogen-bond acceptors (Lipinski definition) is 7. The van der Waals surface area contributed by atoms with Gasteiger partial charge in [-0.15, -0.1) is 0 Å². The van der Waals surface area contributed by atoms with Crippen molar-refractivity contribution in [1.29, 1.82) is 0 Å². The number of halogens is 6. The van der Waals surface area contributed by atoms with E-state index in [2.05, 4.69) is 19.7 Å². The van der Waals surface area contributed by atoms with Gasteiger partial charge in [0.2, 0.25) is 0 Å². The van der Waals surface area contributed by atoms with E-state index < -0.39 is 35.6 Å². The first-order chi connectivity index (χ1) is 20.9. The van der Waals surface area contributed by atoms with Crippen LogP contribution in [0.3, 0.4) is 0 Å². The molecule has 0 bridgehead atoms. The predicted molar refractivity (Wildman–Crippen MR) is 155 cm³/mol. The second-order valence-corrected chi connectivity index (χ2v) is 11.8. The van der Waals surface area contributed by atoms with Crippen molar-refractivity contribution in [3.8, 4) is 11.5 Å². The van der Waals surface area contributed by atoms with Crippen molar-refractivity contribution in [3.63, 3.8) is 0 Å². The van der Waals surface area contributed by atoms with Crippen LogP contribution >= 0.6 is 11.8 Å². The highest BCUT2D eigenvalue weighted by Crippen LogP contribution is 2.39. The first-order valence-corrected chi connectivity index (χ1v) is 15.0. The molecule has 5 rings (SSSR count). The molecule has 0 aromatic heterocycles. The SMILES string of the molecule is COc1cc(C=C2SC(N3CCN(CCN4CCCC4)CC3)=NC2=O)ccc1OCc1ccc(C(F)(F)F)cc1C(F)(F)F. The van der Waals surface area contributed by atoms with Gasteiger partial charge in [-0.2, -0.15) is 31.3 Å². The summed E-state index contributed by atoms with van der Waals surface area (Å²) in [7, 11) is 1.35. The van der Waals surface area contributed by atoms with Crippen LogP contribution in [0.4, 0.5) is 26.3 Å². The molecule has 2 saturated heterocycles. The fraction of sp³-hybridized carbons (Fsp3) is 0.467. The van der Waals surface area contributed by atoms with Gasteiger partial charge in [-0.05, 0) is 73.6 Å². The first-order valence-electron chi connectivity index (χ1n) is 14.2. The van der Waals surface area contributed by atoms with Gasteiger partial charge in [0.1, 0.15) is 6.61 Å². The van der Waals surface area contributed by atoms with E-state index in [1.165, 1.54) is 50.9 Å². The average Bonchev–Trinajstić information content (AvgIpc) is 3.64. The number of rotatable bonds is 8. The fourth-order valence-electron chi connectivity index (χ4n) is 5.33. The van der Waals surface area contributed by atoms with Gasteiger partial charge in [0, 0.05) is 44.8 Å². The van der Waals surface area contributed by atoms with Crippen molar-refractivity contribution in [3.05, 3.63) is 63.6 Å². The number of benzene rings is 2. The van der Waals surface area contributed by atoms with Gasteiger partial charge in [-0.1, -0.05) is 12.1 Å². The van der Waals surface area contributed by atoms with Crippen LogP contribution in [0.5, 0.6) is 11.5 Å². The quantitative estimate of drug-likeness (QED) is 0.259. The van der Waals surface area contributed by atoms with Crippen LogP contribution in [-0.2, 0) is 23.8 Å². The Hall–Kier alpha value is -3.23. The number of alkyl halides is 6. The number of carbonyl (C=O) groups is 1. The lowest BCUT2D eigenvalue weighted by Crippen LogP contribution is -2.49. The molecule has 0 N–H and O–H groups in total. The minimum absolute atomic E-state index is 0.0767. The summed E-state index contributed by atoms with van der Waals surface area (Å²) in [6.07, 6.45) is -5.72. The Morgan fingerprint density at radius 3 is 2.18 bits per heavy atom. The molecular weight excluding hydrogens is 610 g/mol. The molecule has 0 radical (unpaired) electrons. The topological polar surface area (TPSA) is 57.6 Å². The molecule has 0 spiro atoms. The number of hydrogen-bond donors (Lipinski definition) is 0. The summed E-state index contributed by atoms with van der Waals surface area (Å²) in [5.41, 5.74) is -2.70. The lowest BCUT2D eigenvalue weighted by molar-refractivity contribution is -0.143. The second kappa shape index (κ2) is 13.4. The number of likely N-dealkylation sites (tertiary alicyclic amines) is 1. The van der Waals surface area contributed by atoms with Crippen LogP contribution in [0.15, 0.2) is 46.3 Å². The molecule has 3 aliphatic rings. The number of thioether (sulfide) groups is 1. The second-order valence-electron chi connectivity index (χ2n) is 10.8. The Kier molecular flexibility index (Phi) is 9.80. The minimum atomic E-state index is -5.01. The zero-order chi connectivity index (χ0) is 31.5. The molecule has 1 amide bonds. The molecule has 0 aliphatic carbocycles. The Balaban J connectivity index is 1.20. The summed E-state index contributed by atoms with van der Waals surface area (Å²) >= 11 is 1.29. The maximum absolute atomic E-state index is 13.5. The number of aliphatic imine (C=N–C) groups is 1. The Labute approximate surface area is 255 Å². The van der Waals surface area contributed by atoms with Crippen molar-refractivity contribution in [1.82, 2.24) is 14.7 Å². The molecule has 0 unspecified atom stereocenters. The third kappa shape index (κ3) is 7.88. The maximum Gasteiger partial charge on any atom is 0.416 e. The number of amides is 1. The van der Waals surface area contributed by atoms with Crippen LogP contribution in [0.1, 0.15) is 35.1 Å². The maximum atomic E-state index is 13.5. The van der Waals surface area contributed by atoms with E-state index in [9.17, 15) is 31.1 Å². The minimum Gasteiger partial charge on any atom is -0.493 e. The van der Waals surface area contributed by atoms with Gasteiger partial charge in [-0.25, -0.2) is 0 Å². The lowest BCUT2D eigenvalue weighted by atomic mass is 10.0. The van der Waals surface area contributed by atoms with Crippen LogP contribution in [0.25, 0.3) is 6.08 Å². The van der Waals surface area contributed by atoms with E-state index in [1.54, 1.807) is 18.2 Å². The molecule has 7 nitrogen and oxygen atoms in total. The zero-order valence-corrected chi connectivity index (χ0v) is 24.8. The number of amidine groups is 1. The monoisotopic (exact) mass is 642 g/mol. The summed E-state index contributed by atoms with van der Waals surface area (Å²) in [6, 6.07) is 6.05. The summed E-state index contributed by atoms with van der Waals surface area (Å²) in [6.45, 7) is 7.19. The Morgan fingerprint density at radius 1 is 0.864 bits per heavy atom. The summed E-state index contributed by atoms with van der Waals surface area (Å²) in [4.78, 5) is 24.4. The third-order valence-electron chi connectivity index (χ3n) is 7.79. The Morgan fingerprint density at radius 2 is 1.55 bits per heavy atom. The van der Waals surface area contributed by atoms with E-state index in [0.717, 1.165) is 45.3 Å². The van der Waals surface area contributed by atoms with E-state index in [1.807, 2.05) is 0 Å². The summed E-state index contributed by atoms with van der Waals surface area (Å²) in [5.74, 6) is -0.0863. The summed E-state index contributed by atoms with van der Waals surface area (Å²) in [5, 5.41) is 0.657. The van der Waals surface area contributed by atoms with Crippen molar-refractivity contribution < 1.29 is 40.6 Å². The van der Waals surface area contributed by atoms with E-state index in [4.69, 9.17) is 9.47 Å². The van der Waals surface area contributed by atoms with Crippen molar-refractivity contribution in [2.24, 2.45) is 4.99 Å². The highest BCUT2D eigenvalue weighted by molar-refractivity contribution is 8.18. The standard InChI is InChI=1S/C30H32F6N4O3S/c1-42-25-16-20(4-7-24(25)43-19-21-5-6-22(29(31,32)33)18-23(21)30(34,35)36)17-26-27(41)37-28(44-26)40-14-12-39(13-15-40)11-10-38-8-2-3-9-38/h4-7,16-18H,2-3,8-15,19H2,1H3. The summed E-state index contributed by atoms with van der Waals surface area (Å²) < 4.78 is 90.4. The molecule has 0 atom stereocenters. The smallest absolute Gasteiger partial charge is 0.416 e. The largest absolute Gasteiger partial charge is 0.493 e. The lowest BCUT2D eigenvalue weighted by Gasteiger charge is -2.36. The number of ether oxygens (including phenoxy) is 2. The van der Waals surface area contributed by atoms with Crippen molar-refractivity contribution in [2.75, 3.05) is 59.5 Å². The van der Waals surface area contributed by atoms with Gasteiger partial charge in [-0.3, -0.25) is 9.69 Å². The molecule has 2 aromatic rings. The fourth-order valence-corrected chi connectivity index (χ4v) is 6.29. The van der Waals surface area contributed by atoms with Gasteiger partial charge >= 0.3 is 12.4 Å². The normalized spacial score (nSPS) is 19.6. The molecule has 3 heterocycles. The van der Waals surface area contributed by atoms with E-state index in [0.29, 0.717) is 21.7 Å². The van der Waals surface area contributed by atoms with Gasteiger partial charge in [0.15, 0.2) is 16.7 Å². The van der Waals surface area contributed by atoms with Crippen LogP contribution in [0.2, 0.25) is 0 Å². The number of carbonyl (C=O) groups excluding carboxylic acids is 1. The first kappa shape index (κ1) is 32.2. The highest BCUT2D eigenvalue weighted by atomic mass is 32.2. The van der Waals surface area contributed by atoms with Crippen LogP contribution in [0, 0.1) is 0 Å².